The number of aromatic nitrogens is 1. The van der Waals surface area contributed by atoms with Crippen LogP contribution < -0.4 is 10.2 Å². The van der Waals surface area contributed by atoms with Gasteiger partial charge in [-0.25, -0.2) is 0 Å². The highest BCUT2D eigenvalue weighted by atomic mass is 16.5. The molecule has 0 unspecified atom stereocenters. The molecule has 1 aliphatic heterocycles. The van der Waals surface area contributed by atoms with Gasteiger partial charge >= 0.3 is 0 Å². The average molecular weight is 375 g/mol. The summed E-state index contributed by atoms with van der Waals surface area (Å²) < 4.78 is 7.87. The third kappa shape index (κ3) is 2.11. The monoisotopic (exact) mass is 375 g/mol. The number of aliphatic hydroxyl groups excluding tert-OH is 2. The van der Waals surface area contributed by atoms with Crippen molar-refractivity contribution in [2.24, 2.45) is 7.05 Å². The van der Waals surface area contributed by atoms with E-state index in [2.05, 4.69) is 0 Å². The Kier molecular flexibility index (Phi) is 3.42. The van der Waals surface area contributed by atoms with Gasteiger partial charge in [0.1, 0.15) is 23.6 Å². The molecule has 2 heterocycles. The molecule has 0 fully saturated rings. The van der Waals surface area contributed by atoms with Crippen molar-refractivity contribution < 1.29 is 14.9 Å². The molecular weight excluding hydrogens is 354 g/mol. The van der Waals surface area contributed by atoms with Crippen LogP contribution in [0.3, 0.4) is 0 Å². The summed E-state index contributed by atoms with van der Waals surface area (Å²) in [6.07, 6.45) is -2.25. The molecule has 142 valence electrons. The summed E-state index contributed by atoms with van der Waals surface area (Å²) in [7, 11) is 1.87. The fourth-order valence-corrected chi connectivity index (χ4v) is 4.42. The summed E-state index contributed by atoms with van der Waals surface area (Å²) in [4.78, 5) is 13.5. The molecule has 2 N–H and O–H groups in total. The van der Waals surface area contributed by atoms with Gasteiger partial charge in [-0.15, -0.1) is 0 Å². The summed E-state index contributed by atoms with van der Waals surface area (Å²) in [6.45, 7) is 3.47. The fraction of sp³-hybridized carbons (Fsp3) is 0.261. The molecule has 5 heteroatoms. The summed E-state index contributed by atoms with van der Waals surface area (Å²) in [5, 5.41) is 24.5. The summed E-state index contributed by atoms with van der Waals surface area (Å²) >= 11 is 0. The van der Waals surface area contributed by atoms with Gasteiger partial charge in [0.2, 0.25) is 0 Å². The molecular formula is C23H21NO4. The highest BCUT2D eigenvalue weighted by molar-refractivity contribution is 6.10. The number of hydrogen-bond acceptors (Lipinski definition) is 4. The summed E-state index contributed by atoms with van der Waals surface area (Å²) in [6, 6.07) is 15.2. The molecule has 3 aromatic carbocycles. The number of hydrogen-bond donors (Lipinski definition) is 2. The molecule has 0 saturated heterocycles. The molecule has 0 aliphatic carbocycles. The second kappa shape index (κ2) is 5.56. The van der Waals surface area contributed by atoms with Crippen LogP contribution in [0.1, 0.15) is 25.5 Å². The van der Waals surface area contributed by atoms with Crippen molar-refractivity contribution in [3.63, 3.8) is 0 Å². The standard InChI is InChI=1S/C23H21NO4/c1-23(2)22(27)21(26)18-16(28-23)11-9-14-19(18)24(3)15-10-8-12-6-4-5-7-13(12)17(15)20(14)25/h4-11,21-22,26-27H,1-3H3/t21-,22-/m1/s1. The lowest BCUT2D eigenvalue weighted by molar-refractivity contribution is -0.111. The molecule has 2 atom stereocenters. The molecule has 5 nitrogen and oxygen atoms in total. The number of rotatable bonds is 0. The first-order chi connectivity index (χ1) is 13.3. The lowest BCUT2D eigenvalue weighted by Crippen LogP contribution is -2.49. The van der Waals surface area contributed by atoms with Crippen molar-refractivity contribution >= 4 is 32.6 Å². The van der Waals surface area contributed by atoms with E-state index in [-0.39, 0.29) is 5.43 Å². The maximum Gasteiger partial charge on any atom is 0.197 e. The van der Waals surface area contributed by atoms with Crippen LogP contribution in [0.15, 0.2) is 53.3 Å². The molecule has 1 aromatic heterocycles. The zero-order valence-electron chi connectivity index (χ0n) is 15.9. The van der Waals surface area contributed by atoms with Crippen LogP contribution in [0.25, 0.3) is 32.6 Å². The van der Waals surface area contributed by atoms with Crippen molar-refractivity contribution in [2.75, 3.05) is 0 Å². The molecule has 0 amide bonds. The smallest absolute Gasteiger partial charge is 0.197 e. The number of fused-ring (bicyclic) bond motifs is 6. The Morgan fingerprint density at radius 1 is 1.00 bits per heavy atom. The normalized spacial score (nSPS) is 21.0. The van der Waals surface area contributed by atoms with Crippen LogP contribution in [-0.4, -0.2) is 26.5 Å². The third-order valence-corrected chi connectivity index (χ3v) is 5.93. The first kappa shape index (κ1) is 17.2. The number of benzene rings is 3. The minimum absolute atomic E-state index is 0.0887. The maximum atomic E-state index is 13.5. The van der Waals surface area contributed by atoms with Crippen molar-refractivity contribution in [2.45, 2.75) is 31.7 Å². The number of pyridine rings is 1. The molecule has 0 saturated carbocycles. The molecule has 0 bridgehead atoms. The molecule has 4 aromatic rings. The Morgan fingerprint density at radius 2 is 1.75 bits per heavy atom. The van der Waals surface area contributed by atoms with E-state index in [1.165, 1.54) is 0 Å². The van der Waals surface area contributed by atoms with Gasteiger partial charge in [0, 0.05) is 18.0 Å². The van der Waals surface area contributed by atoms with Crippen molar-refractivity contribution in [3.8, 4) is 5.75 Å². The van der Waals surface area contributed by atoms with Crippen molar-refractivity contribution in [1.29, 1.82) is 0 Å². The van der Waals surface area contributed by atoms with Gasteiger partial charge in [-0.3, -0.25) is 4.79 Å². The second-order valence-electron chi connectivity index (χ2n) is 8.04. The van der Waals surface area contributed by atoms with E-state index in [0.717, 1.165) is 16.3 Å². The topological polar surface area (TPSA) is 71.7 Å². The van der Waals surface area contributed by atoms with Gasteiger partial charge in [0.05, 0.1) is 16.4 Å². The Labute approximate surface area is 161 Å². The van der Waals surface area contributed by atoms with Crippen LogP contribution in [0.4, 0.5) is 0 Å². The van der Waals surface area contributed by atoms with E-state index in [1.807, 2.05) is 48.0 Å². The first-order valence-corrected chi connectivity index (χ1v) is 9.33. The number of aryl methyl sites for hydroxylation is 1. The Balaban J connectivity index is 1.98. The van der Waals surface area contributed by atoms with Gasteiger partial charge in [-0.2, -0.15) is 0 Å². The maximum absolute atomic E-state index is 13.5. The van der Waals surface area contributed by atoms with Crippen LogP contribution in [0.2, 0.25) is 0 Å². The van der Waals surface area contributed by atoms with Crippen molar-refractivity contribution in [3.05, 3.63) is 64.3 Å². The van der Waals surface area contributed by atoms with Crippen molar-refractivity contribution in [1.82, 2.24) is 4.57 Å². The Morgan fingerprint density at radius 3 is 2.54 bits per heavy atom. The van der Waals surface area contributed by atoms with E-state index < -0.39 is 17.8 Å². The molecule has 28 heavy (non-hydrogen) atoms. The molecule has 5 rings (SSSR count). The predicted octanol–water partition coefficient (Wildman–Crippen LogP) is 3.41. The Bertz CT molecular complexity index is 1340. The van der Waals surface area contributed by atoms with Gasteiger partial charge in [-0.1, -0.05) is 30.3 Å². The first-order valence-electron chi connectivity index (χ1n) is 9.33. The van der Waals surface area contributed by atoms with E-state index in [9.17, 15) is 15.0 Å². The minimum atomic E-state index is -1.15. The zero-order valence-corrected chi connectivity index (χ0v) is 15.9. The van der Waals surface area contributed by atoms with E-state index in [4.69, 9.17) is 4.74 Å². The van der Waals surface area contributed by atoms with Gasteiger partial charge < -0.3 is 19.5 Å². The SMILES string of the molecule is Cn1c2ccc3ccccc3c2c(=O)c2ccc3c(c21)[C@@H](O)[C@@H](O)C(C)(C)O3. The Hall–Kier alpha value is -2.89. The van der Waals surface area contributed by atoms with Crippen LogP contribution in [-0.2, 0) is 7.05 Å². The second-order valence-corrected chi connectivity index (χ2v) is 8.04. The fourth-order valence-electron chi connectivity index (χ4n) is 4.42. The molecule has 1 aliphatic rings. The van der Waals surface area contributed by atoms with Crippen LogP contribution >= 0.6 is 0 Å². The number of aliphatic hydroxyl groups is 2. The summed E-state index contributed by atoms with van der Waals surface area (Å²) in [5.74, 6) is 0.491. The largest absolute Gasteiger partial charge is 0.485 e. The van der Waals surface area contributed by atoms with E-state index in [0.29, 0.717) is 27.6 Å². The highest BCUT2D eigenvalue weighted by Crippen LogP contribution is 2.43. The van der Waals surface area contributed by atoms with Crippen LogP contribution in [0.5, 0.6) is 5.75 Å². The van der Waals surface area contributed by atoms with E-state index >= 15 is 0 Å². The summed E-state index contributed by atoms with van der Waals surface area (Å²) in [5.41, 5.74) is 0.808. The lowest BCUT2D eigenvalue weighted by atomic mass is 9.87. The number of nitrogens with zero attached hydrogens (tertiary/aromatic N) is 1. The quantitative estimate of drug-likeness (QED) is 0.365. The average Bonchev–Trinajstić information content (AvgIpc) is 2.68. The highest BCUT2D eigenvalue weighted by Gasteiger charge is 2.43. The molecule has 0 spiro atoms. The molecule has 0 radical (unpaired) electrons. The van der Waals surface area contributed by atoms with E-state index in [1.54, 1.807) is 26.0 Å². The predicted molar refractivity (Wildman–Crippen MR) is 110 cm³/mol. The van der Waals surface area contributed by atoms with Gasteiger partial charge in [0.15, 0.2) is 5.43 Å². The minimum Gasteiger partial charge on any atom is -0.485 e. The number of ether oxygens (including phenoxy) is 1. The third-order valence-electron chi connectivity index (χ3n) is 5.93. The van der Waals surface area contributed by atoms with Gasteiger partial charge in [0.25, 0.3) is 0 Å². The zero-order chi connectivity index (χ0) is 19.8. The van der Waals surface area contributed by atoms with Crippen LogP contribution in [0, 0.1) is 0 Å². The van der Waals surface area contributed by atoms with Gasteiger partial charge in [-0.05, 0) is 42.8 Å². The lowest BCUT2D eigenvalue weighted by Gasteiger charge is -2.40.